The van der Waals surface area contributed by atoms with Crippen LogP contribution in [0, 0.1) is 18.2 Å². The zero-order chi connectivity index (χ0) is 61.7. The van der Waals surface area contributed by atoms with Gasteiger partial charge < -0.3 is 46.5 Å². The number of aliphatic hydroxyl groups is 1. The number of aromatic nitrogens is 2. The van der Waals surface area contributed by atoms with E-state index in [9.17, 15) is 56.2 Å². The fourth-order valence-corrected chi connectivity index (χ4v) is 11.5. The average molecular weight is 1200 g/mol. The van der Waals surface area contributed by atoms with Gasteiger partial charge in [-0.05, 0) is 106 Å². The van der Waals surface area contributed by atoms with E-state index in [-0.39, 0.29) is 79.1 Å². The number of β-amino-alcohol motifs (C(OH)–C–C–N with tert-alkyl or cyclic N) is 1. The minimum absolute atomic E-state index is 0.00201. The summed E-state index contributed by atoms with van der Waals surface area (Å²) in [6.45, 7) is 12.4. The molecule has 0 radical (unpaired) electrons. The number of amides is 6. The Morgan fingerprint density at radius 3 is 2.13 bits per heavy atom. The predicted molar refractivity (Wildman–Crippen MR) is 313 cm³/mol. The second-order valence-corrected chi connectivity index (χ2v) is 24.4. The first-order valence-electron chi connectivity index (χ1n) is 28.5. The molecular weight excluding hydrogens is 1130 g/mol. The summed E-state index contributed by atoms with van der Waals surface area (Å²) in [6.07, 6.45) is -3.07. The van der Waals surface area contributed by atoms with E-state index in [2.05, 4.69) is 41.5 Å². The van der Waals surface area contributed by atoms with E-state index in [0.29, 0.717) is 68.8 Å². The lowest BCUT2D eigenvalue weighted by atomic mass is 9.85. The number of aromatic amines is 1. The summed E-state index contributed by atoms with van der Waals surface area (Å²) >= 11 is 1.47. The number of likely N-dealkylation sites (tertiary alicyclic amines) is 1. The third-order valence-corrected chi connectivity index (χ3v) is 17.0. The smallest absolute Gasteiger partial charge is 0.391 e. The molecule has 2 aliphatic heterocycles. The molecule has 24 heteroatoms. The molecule has 0 spiro atoms. The van der Waals surface area contributed by atoms with Crippen LogP contribution in [0.1, 0.15) is 130 Å². The summed E-state index contributed by atoms with van der Waals surface area (Å²) in [4.78, 5) is 107. The van der Waals surface area contributed by atoms with E-state index in [1.165, 1.54) is 34.4 Å². The number of hydrogen-bond acceptors (Lipinski definition) is 12. The largest absolute Gasteiger partial charge is 0.417 e. The number of pyridine rings is 1. The molecule has 2 saturated heterocycles. The number of aliphatic hydroxyl groups excluding tert-OH is 1. The number of rotatable bonds is 21. The van der Waals surface area contributed by atoms with Gasteiger partial charge in [0.2, 0.25) is 23.3 Å². The number of halogens is 5. The standard InChI is InChI=1S/C61H73F5N10O8S/c1-34-30-75(31-35(2)74(34)7)48-19-17-39(25-47(48)72-55(81)43-29-69-50(78)27-44(43)61(64,65)66)42-24-40(16-18-45(42)62)54(80)68-23-11-9-8-10-22-67-51(79)28-46(37-12-14-38(15-13-37)52-36(3)70-33-85-52)71-56(82)49-26-41(77)32-76(49)57(83)53(59(4,5)6)73-58(84)60(63)20-21-60/h12-19,24-25,27,29,33-35,41,46,49,53,77H,8-11,20-23,26,28,30-32H2,1-7H3,(H,67,79)(H,68,80)(H,69,78)(H,71,82)(H,72,81)(H,73,84)/t34-,35+,41-,46?,49+,53?/m1/s1. The highest BCUT2D eigenvalue weighted by Crippen LogP contribution is 2.41. The fraction of sp³-hybridized carbons (Fsp3) is 0.475. The molecule has 1 aliphatic carbocycles. The Bertz CT molecular complexity index is 3330. The number of benzene rings is 3. The Morgan fingerprint density at radius 1 is 0.847 bits per heavy atom. The molecular formula is C61H73F5N10O8S. The molecule has 4 heterocycles. The van der Waals surface area contributed by atoms with Gasteiger partial charge in [-0.1, -0.05) is 63.9 Å². The quantitative estimate of drug-likeness (QED) is 0.0274. The van der Waals surface area contributed by atoms with Crippen molar-refractivity contribution < 1.29 is 55.8 Å². The van der Waals surface area contributed by atoms with Crippen molar-refractivity contribution in [1.29, 1.82) is 0 Å². The predicted octanol–water partition coefficient (Wildman–Crippen LogP) is 8.06. The van der Waals surface area contributed by atoms with E-state index in [1.54, 1.807) is 50.5 Å². The van der Waals surface area contributed by atoms with Gasteiger partial charge in [-0.2, -0.15) is 13.2 Å². The maximum absolute atomic E-state index is 15.7. The van der Waals surface area contributed by atoms with Crippen LogP contribution in [0.4, 0.5) is 33.3 Å². The zero-order valence-corrected chi connectivity index (χ0v) is 49.4. The van der Waals surface area contributed by atoms with Gasteiger partial charge in [0.1, 0.15) is 17.9 Å². The molecule has 3 aliphatic rings. The average Bonchev–Trinajstić information content (AvgIpc) is 4.04. The van der Waals surface area contributed by atoms with Gasteiger partial charge in [0.05, 0.1) is 57.1 Å². The number of anilines is 2. The van der Waals surface area contributed by atoms with Crippen LogP contribution in [0.5, 0.6) is 0 Å². The van der Waals surface area contributed by atoms with Gasteiger partial charge in [0, 0.05) is 74.6 Å². The molecule has 0 bridgehead atoms. The van der Waals surface area contributed by atoms with Crippen LogP contribution in [0.15, 0.2) is 83.2 Å². The number of carbonyl (C=O) groups excluding carboxylic acids is 6. The van der Waals surface area contributed by atoms with Crippen LogP contribution in [-0.2, 0) is 25.4 Å². The highest BCUT2D eigenvalue weighted by molar-refractivity contribution is 7.13. The van der Waals surface area contributed by atoms with Gasteiger partial charge >= 0.3 is 6.18 Å². The second-order valence-electron chi connectivity index (χ2n) is 23.6. The SMILES string of the molecule is Cc1ncsc1-c1ccc(C(CC(=O)NCCCCCCNC(=O)c2ccc(F)c(-c3ccc(N4C[C@@H](C)N(C)[C@@H](C)C4)c(NC(=O)c4c[nH]c(=O)cc4C(F)(F)F)c3)c2)NC(=O)[C@@H]2C[C@@H](O)CN2C(=O)C(NC(=O)C2(F)CC2)C(C)(C)C)cc1. The summed E-state index contributed by atoms with van der Waals surface area (Å²) in [5.74, 6) is -4.85. The summed E-state index contributed by atoms with van der Waals surface area (Å²) in [6, 6.07) is 13.1. The van der Waals surface area contributed by atoms with Crippen LogP contribution in [0.3, 0.4) is 0 Å². The van der Waals surface area contributed by atoms with Gasteiger partial charge in [0.25, 0.3) is 17.7 Å². The molecule has 6 amide bonds. The molecule has 3 fully saturated rings. The molecule has 2 aromatic heterocycles. The third kappa shape index (κ3) is 15.5. The normalized spacial score (nSPS) is 19.4. The van der Waals surface area contributed by atoms with E-state index < -0.39 is 93.5 Å². The van der Waals surface area contributed by atoms with Crippen LogP contribution < -0.4 is 37.0 Å². The lowest BCUT2D eigenvalue weighted by Crippen LogP contribution is -2.59. The molecule has 8 rings (SSSR count). The van der Waals surface area contributed by atoms with Gasteiger partial charge in [-0.25, -0.2) is 13.8 Å². The number of unbranched alkanes of at least 4 members (excludes halogenated alkanes) is 3. The van der Waals surface area contributed by atoms with Crippen molar-refractivity contribution in [3.05, 3.63) is 123 Å². The summed E-state index contributed by atoms with van der Waals surface area (Å²) in [7, 11) is 1.98. The van der Waals surface area contributed by atoms with Crippen molar-refractivity contribution in [2.24, 2.45) is 5.41 Å². The minimum Gasteiger partial charge on any atom is -0.391 e. The molecule has 2 unspecified atom stereocenters. The Morgan fingerprint density at radius 2 is 1.51 bits per heavy atom. The molecule has 18 nitrogen and oxygen atoms in total. The van der Waals surface area contributed by atoms with E-state index in [0.717, 1.165) is 22.2 Å². The van der Waals surface area contributed by atoms with E-state index >= 15 is 4.39 Å². The molecule has 5 aromatic rings. The zero-order valence-electron chi connectivity index (χ0n) is 48.6. The number of piperazine rings is 1. The number of nitrogens with zero attached hydrogens (tertiary/aromatic N) is 4. The molecule has 456 valence electrons. The fourth-order valence-electron chi connectivity index (χ4n) is 10.7. The molecule has 3 aromatic carbocycles. The maximum atomic E-state index is 15.7. The first kappa shape index (κ1) is 63.5. The summed E-state index contributed by atoms with van der Waals surface area (Å²) < 4.78 is 72.6. The number of hydrogen-bond donors (Lipinski definition) is 7. The number of H-pyrrole nitrogens is 1. The van der Waals surface area contributed by atoms with E-state index in [1.807, 2.05) is 44.9 Å². The number of thiazole rings is 1. The number of aryl methyl sites for hydroxylation is 1. The van der Waals surface area contributed by atoms with Crippen LogP contribution in [-0.4, -0.2) is 136 Å². The second kappa shape index (κ2) is 26.4. The Kier molecular flexibility index (Phi) is 19.7. The van der Waals surface area contributed by atoms with Crippen LogP contribution >= 0.6 is 11.3 Å². The number of alkyl halides is 4. The van der Waals surface area contributed by atoms with Crippen LogP contribution in [0.25, 0.3) is 21.6 Å². The Balaban J connectivity index is 0.864. The molecule has 85 heavy (non-hydrogen) atoms. The van der Waals surface area contributed by atoms with Crippen molar-refractivity contribution in [3.8, 4) is 21.6 Å². The number of carbonyl (C=O) groups is 6. The third-order valence-electron chi connectivity index (χ3n) is 16.0. The van der Waals surface area contributed by atoms with Gasteiger partial charge in [-0.15, -0.1) is 11.3 Å². The number of likely N-dealkylation sites (N-methyl/N-ethyl adjacent to an activating group) is 1. The van der Waals surface area contributed by atoms with Crippen LogP contribution in [0.2, 0.25) is 0 Å². The van der Waals surface area contributed by atoms with Crippen molar-refractivity contribution in [2.45, 2.75) is 141 Å². The summed E-state index contributed by atoms with van der Waals surface area (Å²) in [5.41, 5.74) is -1.20. The highest BCUT2D eigenvalue weighted by Gasteiger charge is 2.53. The van der Waals surface area contributed by atoms with Crippen molar-refractivity contribution in [2.75, 3.05) is 50.0 Å². The minimum atomic E-state index is -5.02. The van der Waals surface area contributed by atoms with Crippen molar-refractivity contribution >= 4 is 58.2 Å². The molecule has 6 atom stereocenters. The number of nitrogens with one attached hydrogen (secondary N) is 6. The van der Waals surface area contributed by atoms with E-state index in [4.69, 9.17) is 0 Å². The lowest BCUT2D eigenvalue weighted by Gasteiger charge is -2.44. The van der Waals surface area contributed by atoms with Crippen molar-refractivity contribution in [3.63, 3.8) is 0 Å². The maximum Gasteiger partial charge on any atom is 0.417 e. The lowest BCUT2D eigenvalue weighted by molar-refractivity contribution is -0.145. The monoisotopic (exact) mass is 1200 g/mol. The topological polar surface area (TPSA) is 238 Å². The van der Waals surface area contributed by atoms with Crippen molar-refractivity contribution in [1.82, 2.24) is 41.0 Å². The Hall–Kier alpha value is -7.57. The Labute approximate surface area is 493 Å². The highest BCUT2D eigenvalue weighted by atomic mass is 32.1. The van der Waals surface area contributed by atoms with Gasteiger partial charge in [0.15, 0.2) is 5.67 Å². The summed E-state index contributed by atoms with van der Waals surface area (Å²) in [5, 5.41) is 24.7. The first-order chi connectivity index (χ1) is 40.1. The van der Waals surface area contributed by atoms with Gasteiger partial charge in [-0.3, -0.25) is 38.5 Å². The molecule has 7 N–H and O–H groups in total. The molecule has 1 saturated carbocycles. The first-order valence-corrected chi connectivity index (χ1v) is 29.4.